The molecular formula is C67H94Ag2B2F2P4+4. The summed E-state index contributed by atoms with van der Waals surface area (Å²) < 4.78 is 36.8. The zero-order chi connectivity index (χ0) is 55.2. The molecule has 0 aliphatic carbocycles. The summed E-state index contributed by atoms with van der Waals surface area (Å²) in [5.74, 6) is 0. The summed E-state index contributed by atoms with van der Waals surface area (Å²) >= 11 is 0. The van der Waals surface area contributed by atoms with Gasteiger partial charge in [-0.15, -0.1) is 21.9 Å². The number of rotatable bonds is 18. The van der Waals surface area contributed by atoms with Gasteiger partial charge < -0.3 is 8.63 Å². The Morgan fingerprint density at radius 2 is 0.429 bits per heavy atom. The molecule has 77 heavy (non-hydrogen) atoms. The van der Waals surface area contributed by atoms with E-state index in [2.05, 4.69) is 203 Å². The van der Waals surface area contributed by atoms with E-state index >= 15 is 8.63 Å². The van der Waals surface area contributed by atoms with Gasteiger partial charge in [0.1, 0.15) is 0 Å². The third-order valence-electron chi connectivity index (χ3n) is 15.2. The van der Waals surface area contributed by atoms with Gasteiger partial charge in [-0.25, -0.2) is 0 Å². The predicted octanol–water partition coefficient (Wildman–Crippen LogP) is 13.9. The van der Waals surface area contributed by atoms with E-state index in [1.807, 2.05) is 103 Å². The van der Waals surface area contributed by atoms with Crippen LogP contribution >= 0.6 is 31.7 Å². The van der Waals surface area contributed by atoms with Gasteiger partial charge in [-0.1, -0.05) is 169 Å². The molecule has 0 unspecified atom stereocenters. The molecule has 0 aliphatic rings. The van der Waals surface area contributed by atoms with E-state index in [9.17, 15) is 0 Å². The number of aryl methyl sites for hydroxylation is 1. The van der Waals surface area contributed by atoms with Crippen molar-refractivity contribution in [1.29, 1.82) is 0 Å². The molecule has 7 aromatic rings. The summed E-state index contributed by atoms with van der Waals surface area (Å²) in [4.78, 5) is 0. The molecule has 7 rings (SSSR count). The molecule has 10 heteroatoms. The van der Waals surface area contributed by atoms with E-state index in [1.54, 1.807) is 0 Å². The summed E-state index contributed by atoms with van der Waals surface area (Å²) in [5, 5.41) is 5.06. The maximum atomic E-state index is 18.4. The first kappa shape index (κ1) is 69.0. The Labute approximate surface area is 504 Å². The Morgan fingerprint density at radius 3 is 0.597 bits per heavy atom. The van der Waals surface area contributed by atoms with Crippen LogP contribution in [0.2, 0.25) is 0 Å². The number of benzene rings is 7. The monoisotopic (exact) mass is 1300 g/mol. The van der Waals surface area contributed by atoms with Crippen LogP contribution in [0, 0.1) is 6.92 Å². The number of hydrogen-bond acceptors (Lipinski definition) is 0. The van der Waals surface area contributed by atoms with Crippen molar-refractivity contribution in [3.8, 4) is 0 Å². The van der Waals surface area contributed by atoms with Gasteiger partial charge in [-0.3, -0.25) is 0 Å². The summed E-state index contributed by atoms with van der Waals surface area (Å²) in [7, 11) is -3.85. The van der Waals surface area contributed by atoms with Crippen molar-refractivity contribution in [3.63, 3.8) is 0 Å². The Kier molecular flexibility index (Phi) is 29.0. The van der Waals surface area contributed by atoms with E-state index in [0.29, 0.717) is 45.3 Å². The van der Waals surface area contributed by atoms with Crippen LogP contribution in [0.1, 0.15) is 116 Å². The first-order chi connectivity index (χ1) is 35.6. The van der Waals surface area contributed by atoms with E-state index < -0.39 is 44.5 Å². The van der Waals surface area contributed by atoms with Crippen LogP contribution in [-0.2, 0) is 44.8 Å². The van der Waals surface area contributed by atoms with Crippen LogP contribution in [0.4, 0.5) is 8.63 Å². The van der Waals surface area contributed by atoms with Crippen LogP contribution in [0.15, 0.2) is 188 Å². The molecule has 0 spiro atoms. The molecule has 0 bridgehead atoms. The quantitative estimate of drug-likeness (QED) is 0.0593. The van der Waals surface area contributed by atoms with E-state index in [1.165, 1.54) is 26.8 Å². The van der Waals surface area contributed by atoms with Crippen LogP contribution in [-0.4, -0.2) is 58.1 Å². The molecule has 420 valence electrons. The van der Waals surface area contributed by atoms with Gasteiger partial charge in [0.2, 0.25) is 12.8 Å². The molecule has 0 amide bonds. The largest absolute Gasteiger partial charge is 1.00 e. The van der Waals surface area contributed by atoms with Crippen LogP contribution in [0.5, 0.6) is 0 Å². The second-order valence-electron chi connectivity index (χ2n) is 23.4. The van der Waals surface area contributed by atoms with Crippen molar-refractivity contribution < 1.29 is 53.4 Å². The molecule has 0 fully saturated rings. The van der Waals surface area contributed by atoms with E-state index in [-0.39, 0.29) is 44.8 Å². The van der Waals surface area contributed by atoms with Crippen molar-refractivity contribution in [2.24, 2.45) is 0 Å². The standard InChI is InChI=1S/2C30H41BFP2.C7H8.2Ag/c2*1-22(2)33(23(3)4)29-20-14-12-18-27(29)31(32,26-16-10-9-11-17-26)28-19-13-15-21-30(28)34(24(5)6)25(7)8;1-7-5-3-2-4-6-7;;/h2*9-25H,1-8H3;2-6H,1H3;;/q2*-1;;2*+1/p+4. The normalized spacial score (nSPS) is 12.0. The average Bonchev–Trinajstić information content (AvgIpc) is 3.37. The minimum Gasteiger partial charge on any atom is -0.498 e. The van der Waals surface area contributed by atoms with Gasteiger partial charge in [0.25, 0.3) is 0 Å². The first-order valence-electron chi connectivity index (χ1n) is 28.3. The van der Waals surface area contributed by atoms with Crippen LogP contribution in [0.3, 0.4) is 0 Å². The topological polar surface area (TPSA) is 0 Å². The molecule has 0 aliphatic heterocycles. The van der Waals surface area contributed by atoms with Crippen molar-refractivity contribution in [2.75, 3.05) is 0 Å². The number of hydrogen-bond donors (Lipinski definition) is 0. The maximum absolute atomic E-state index is 18.4. The van der Waals surface area contributed by atoms with Crippen molar-refractivity contribution in [2.45, 2.75) is 163 Å². The fraction of sp³-hybridized carbons (Fsp3) is 0.373. The summed E-state index contributed by atoms with van der Waals surface area (Å²) in [6.07, 6.45) is -5.21. The van der Waals surface area contributed by atoms with Crippen molar-refractivity contribution in [3.05, 3.63) is 194 Å². The third kappa shape index (κ3) is 16.9. The van der Waals surface area contributed by atoms with Crippen molar-refractivity contribution >= 4 is 98.5 Å². The fourth-order valence-electron chi connectivity index (χ4n) is 12.6. The molecular weight excluding hydrogens is 1200 g/mol. The Morgan fingerprint density at radius 1 is 0.260 bits per heavy atom. The zero-order valence-corrected chi connectivity index (χ0v) is 56.5. The molecule has 0 aromatic heterocycles. The van der Waals surface area contributed by atoms with Crippen LogP contribution < -0.4 is 54.0 Å². The van der Waals surface area contributed by atoms with Crippen molar-refractivity contribution in [1.82, 2.24) is 0 Å². The molecule has 0 saturated heterocycles. The summed E-state index contributed by atoms with van der Waals surface area (Å²) in [6, 6.07) is 64.1. The Hall–Kier alpha value is -2.27. The second-order valence-corrected chi connectivity index (χ2v) is 38.4. The average molecular weight is 1300 g/mol. The minimum absolute atomic E-state index is 0. The molecule has 0 atom stereocenters. The maximum Gasteiger partial charge on any atom is 1.00 e. The SMILES string of the molecule is CC(C)[PH+](c1ccccc1[B-](F)(c1ccccc1)c1ccccc1[PH+](C(C)C)C(C)C)C(C)C.CC(C)[PH+](c1ccccc1[B-](F)(c1ccccc1)c1ccccc1[PH+](C(C)C)C(C)C)C(C)C.Cc1ccccc1.[Ag+].[Ag+]. The van der Waals surface area contributed by atoms with Gasteiger partial charge in [0.15, 0.2) is 0 Å². The molecule has 7 aromatic carbocycles. The number of halogens is 2. The van der Waals surface area contributed by atoms with E-state index in [0.717, 1.165) is 32.8 Å². The second kappa shape index (κ2) is 32.4. The Bertz CT molecular complexity index is 2460. The van der Waals surface area contributed by atoms with Gasteiger partial charge in [-0.05, 0) is 142 Å². The molecule has 0 N–H and O–H groups in total. The Balaban J connectivity index is 0.000000350. The van der Waals surface area contributed by atoms with Gasteiger partial charge in [0, 0.05) is 31.7 Å². The molecule has 0 saturated carbocycles. The van der Waals surface area contributed by atoms with Gasteiger partial charge >= 0.3 is 44.8 Å². The van der Waals surface area contributed by atoms with Gasteiger partial charge in [0.05, 0.1) is 66.5 Å². The molecule has 0 nitrogen and oxygen atoms in total. The fourth-order valence-corrected chi connectivity index (χ4v) is 26.5. The van der Waals surface area contributed by atoms with E-state index in [4.69, 9.17) is 0 Å². The van der Waals surface area contributed by atoms with Crippen LogP contribution in [0.25, 0.3) is 0 Å². The minimum atomic E-state index is -2.60. The summed E-state index contributed by atoms with van der Waals surface area (Å²) in [6.45, 7) is 39.1. The zero-order valence-electron chi connectivity index (χ0n) is 49.5. The smallest absolute Gasteiger partial charge is 0.498 e. The van der Waals surface area contributed by atoms with Gasteiger partial charge in [-0.2, -0.15) is 10.9 Å². The first-order valence-corrected chi connectivity index (χ1v) is 34.9. The third-order valence-corrected chi connectivity index (χ3v) is 29.5. The summed E-state index contributed by atoms with van der Waals surface area (Å²) in [5.41, 5.74) is 10.8. The molecule has 0 radical (unpaired) electrons. The molecule has 0 heterocycles. The predicted molar refractivity (Wildman–Crippen MR) is 354 cm³/mol.